The zero-order valence-electron chi connectivity index (χ0n) is 58.1. The number of hydrogen-bond donors (Lipinski definition) is 0. The summed E-state index contributed by atoms with van der Waals surface area (Å²) in [7, 11) is 4.09. The van der Waals surface area contributed by atoms with Crippen LogP contribution in [0.5, 0.6) is 0 Å². The molecule has 4 heterocycles. The minimum absolute atomic E-state index is 0.00980. The fraction of sp³-hybridized carbons (Fsp3) is 0.419. The summed E-state index contributed by atoms with van der Waals surface area (Å²) in [5.41, 5.74) is 24.5. The Morgan fingerprint density at radius 2 is 0.733 bits per heavy atom. The predicted octanol–water partition coefficient (Wildman–Crippen LogP) is 21.9. The molecule has 4 aliphatic heterocycles. The quantitative estimate of drug-likeness (QED) is 0.0797. The maximum atomic E-state index is 7.26. The number of methoxy groups -OCH3 is 2. The van der Waals surface area contributed by atoms with Crippen molar-refractivity contribution in [1.29, 1.82) is 0 Å². The van der Waals surface area contributed by atoms with Crippen molar-refractivity contribution in [3.05, 3.63) is 238 Å². The van der Waals surface area contributed by atoms with Crippen LogP contribution in [0.3, 0.4) is 0 Å². The fourth-order valence-corrected chi connectivity index (χ4v) is 63.9. The van der Waals surface area contributed by atoms with E-state index >= 15 is 0 Å². The first-order valence-corrected chi connectivity index (χ1v) is 43.6. The molecule has 4 unspecified atom stereocenters. The molecule has 4 heteroatoms. The summed E-state index contributed by atoms with van der Waals surface area (Å²) < 4.78 is 21.4. The predicted molar refractivity (Wildman–Crippen MR) is 389 cm³/mol. The van der Waals surface area contributed by atoms with Crippen molar-refractivity contribution in [2.45, 2.75) is 193 Å². The number of rotatable bonds is 18. The zero-order valence-corrected chi connectivity index (χ0v) is 62.3. The van der Waals surface area contributed by atoms with Gasteiger partial charge in [-0.1, -0.05) is 0 Å². The summed E-state index contributed by atoms with van der Waals surface area (Å²) >= 11 is -9.04. The van der Waals surface area contributed by atoms with Gasteiger partial charge in [0.1, 0.15) is 0 Å². The van der Waals surface area contributed by atoms with E-state index in [0.29, 0.717) is 41.4 Å². The third kappa shape index (κ3) is 8.60. The Hall–Kier alpha value is -5.49. The average molecular weight is 1310 g/mol. The van der Waals surface area contributed by atoms with E-state index in [9.17, 15) is 0 Å². The molecule has 2 fully saturated rings. The molecule has 90 heavy (non-hydrogen) atoms. The SMILES string of the molecule is CO[C@H]1[C@@H](c2ccccc2)[C@]1(C)[C]1=[CH][Ge]23[C]([C@@]4(C)[C@H](c5ccccc5)[C@@H]4OC)=[CH][Ge]1([c]1c(-c4c(C(C)C)cccc4C(C)C)cccc1-c1c(C(C)C)cccc1C(C)C)[CH]1C=CC(C(C)C)=C(c4cccc(-c5c(C(C)C)cccc5C(C)C)[c]42)[C]13C(C)C. The van der Waals surface area contributed by atoms with Gasteiger partial charge in [0.05, 0.1) is 0 Å². The van der Waals surface area contributed by atoms with Gasteiger partial charge < -0.3 is 0 Å². The topological polar surface area (TPSA) is 18.5 Å². The van der Waals surface area contributed by atoms with Crippen LogP contribution in [0.2, 0.25) is 9.00 Å². The van der Waals surface area contributed by atoms with Crippen molar-refractivity contribution in [2.75, 3.05) is 14.2 Å². The average Bonchev–Trinajstić information content (AvgIpc) is 1.50. The summed E-state index contributed by atoms with van der Waals surface area (Å²) in [5, 5.41) is 0. The van der Waals surface area contributed by atoms with Crippen LogP contribution < -0.4 is 8.79 Å². The first kappa shape index (κ1) is 63.3. The third-order valence-electron chi connectivity index (χ3n) is 23.9. The van der Waals surface area contributed by atoms with Crippen LogP contribution in [0.1, 0.15) is 222 Å². The van der Waals surface area contributed by atoms with Crippen LogP contribution in [0.4, 0.5) is 0 Å². The number of benzene rings is 7. The van der Waals surface area contributed by atoms with E-state index in [1.165, 1.54) is 77.9 Å². The molecular formula is C86H102Ge2O2. The molecular weight excluding hydrogens is 1210 g/mol. The molecule has 1 spiro atoms. The van der Waals surface area contributed by atoms with E-state index in [-0.39, 0.29) is 49.8 Å². The molecule has 0 amide bonds. The second-order valence-electron chi connectivity index (χ2n) is 31.1. The summed E-state index contributed by atoms with van der Waals surface area (Å²) in [5.74, 6) is 2.76. The van der Waals surface area contributed by atoms with Crippen molar-refractivity contribution in [1.82, 2.24) is 0 Å². The van der Waals surface area contributed by atoms with Crippen LogP contribution in [-0.2, 0) is 9.47 Å². The molecule has 7 aromatic carbocycles. The zero-order chi connectivity index (χ0) is 64.1. The van der Waals surface area contributed by atoms with Crippen molar-refractivity contribution >= 4 is 40.9 Å². The van der Waals surface area contributed by atoms with Gasteiger partial charge in [-0.2, -0.15) is 0 Å². The van der Waals surface area contributed by atoms with E-state index in [4.69, 9.17) is 9.47 Å². The third-order valence-corrected chi connectivity index (χ3v) is 51.5. The molecule has 7 aromatic rings. The molecule has 0 saturated heterocycles. The second kappa shape index (κ2) is 22.9. The first-order chi connectivity index (χ1) is 43.0. The van der Waals surface area contributed by atoms with Crippen LogP contribution in [-0.4, -0.2) is 53.0 Å². The minimum atomic E-state index is -4.61. The summed E-state index contributed by atoms with van der Waals surface area (Å²) in [6.07, 6.45) is 5.68. The number of hydrogen-bond acceptors (Lipinski definition) is 2. The monoisotopic (exact) mass is 1310 g/mol. The number of ether oxygens (including phenoxy) is 2. The Balaban J connectivity index is 1.35. The molecule has 2 bridgehead atoms. The van der Waals surface area contributed by atoms with E-state index in [1.54, 1.807) is 34.3 Å². The van der Waals surface area contributed by atoms with Crippen molar-refractivity contribution in [3.63, 3.8) is 0 Å². The standard InChI is InChI=1S/C86H102Ge2O2/c1-50(2)60-36-27-37-61(51(3)4)74(60)67-42-30-43-68(75-62(52(5)6)38-28-39-63(75)53(7)8)80(67)87-48-73(85(18)78(83(85)90-20)59-34-25-22-26-35-59)88(49-72(87)84(17)77(82(84)89-19)58-32-23-21-24-33-58)81-69(76-64(54(9)10)40-29-41-65(76)55(11)12)44-31-45-70(81)79-66(56(13)14)46-47-71(87)86(79,88)57(15)16/h21-57,71,77-78,82-83H,1-20H3/t71?,77-,78-,82+,83+,84+,85+,86?,87?,88?/m1/s1. The van der Waals surface area contributed by atoms with Crippen LogP contribution in [0, 0.1) is 22.7 Å². The molecule has 2 saturated carbocycles. The van der Waals surface area contributed by atoms with Crippen LogP contribution >= 0.6 is 0 Å². The van der Waals surface area contributed by atoms with Gasteiger partial charge >= 0.3 is 552 Å². The molecule has 14 rings (SSSR count). The van der Waals surface area contributed by atoms with Gasteiger partial charge in [0.25, 0.3) is 0 Å². The van der Waals surface area contributed by atoms with E-state index in [2.05, 4.69) is 298 Å². The van der Waals surface area contributed by atoms with E-state index in [1.807, 2.05) is 14.2 Å². The molecule has 0 aromatic heterocycles. The van der Waals surface area contributed by atoms with E-state index < -0.39 is 26.5 Å². The van der Waals surface area contributed by atoms with E-state index in [0.717, 1.165) is 0 Å². The maximum absolute atomic E-state index is 7.26. The van der Waals surface area contributed by atoms with Gasteiger partial charge in [-0.25, -0.2) is 0 Å². The molecule has 2 nitrogen and oxygen atoms in total. The summed E-state index contributed by atoms with van der Waals surface area (Å²) in [6, 6.07) is 60.8. The van der Waals surface area contributed by atoms with Gasteiger partial charge in [-0.3, -0.25) is 0 Å². The molecule has 0 N–H and O–H groups in total. The van der Waals surface area contributed by atoms with Crippen LogP contribution in [0.15, 0.2) is 188 Å². The normalized spacial score (nSPS) is 27.9. The number of allylic oxidation sites excluding steroid dienone is 4. The van der Waals surface area contributed by atoms with Crippen molar-refractivity contribution in [3.8, 4) is 33.4 Å². The van der Waals surface area contributed by atoms with Gasteiger partial charge in [0, 0.05) is 0 Å². The molecule has 0 radical (unpaired) electrons. The molecule has 10 atom stereocenters. The first-order valence-electron chi connectivity index (χ1n) is 34.7. The summed E-state index contributed by atoms with van der Waals surface area (Å²) in [6.45, 7) is 45.2. The summed E-state index contributed by atoms with van der Waals surface area (Å²) in [4.78, 5) is 6.66. The Morgan fingerprint density at radius 1 is 0.378 bits per heavy atom. The van der Waals surface area contributed by atoms with Gasteiger partial charge in [0.15, 0.2) is 0 Å². The Kier molecular flexibility index (Phi) is 16.1. The van der Waals surface area contributed by atoms with Gasteiger partial charge in [-0.15, -0.1) is 0 Å². The van der Waals surface area contributed by atoms with Crippen molar-refractivity contribution in [2.24, 2.45) is 22.7 Å². The fourth-order valence-electron chi connectivity index (χ4n) is 20.2. The van der Waals surface area contributed by atoms with Crippen molar-refractivity contribution < 1.29 is 9.47 Å². The molecule has 3 aliphatic carbocycles. The molecule has 7 aliphatic rings. The van der Waals surface area contributed by atoms with Gasteiger partial charge in [0.2, 0.25) is 0 Å². The van der Waals surface area contributed by atoms with Gasteiger partial charge in [-0.05, 0) is 0 Å². The number of fused-ring (bicyclic) bond motifs is 2. The second-order valence-corrected chi connectivity index (χ2v) is 46.8. The Labute approximate surface area is 547 Å². The Bertz CT molecular complexity index is 3930. The molecule has 466 valence electrons. The van der Waals surface area contributed by atoms with Crippen LogP contribution in [0.25, 0.3) is 39.0 Å². The Morgan fingerprint density at radius 3 is 1.09 bits per heavy atom.